The zero-order chi connectivity index (χ0) is 26.0. The Bertz CT molecular complexity index is 1580. The molecule has 186 valence electrons. The lowest BCUT2D eigenvalue weighted by Crippen LogP contribution is -2.39. The summed E-state index contributed by atoms with van der Waals surface area (Å²) in [5.41, 5.74) is 9.33. The first-order valence-electron chi connectivity index (χ1n) is 11.6. The molecular weight excluding hydrogens is 472 g/mol. The number of anilines is 1. The zero-order valence-electron chi connectivity index (χ0n) is 21.1. The summed E-state index contributed by atoms with van der Waals surface area (Å²) in [6.07, 6.45) is 2.67. The van der Waals surface area contributed by atoms with E-state index in [-0.39, 0.29) is 6.54 Å². The molecule has 1 N–H and O–H groups in total. The molecule has 1 amide bonds. The van der Waals surface area contributed by atoms with E-state index in [1.54, 1.807) is 18.3 Å². The molecule has 0 aliphatic carbocycles. The largest absolute Gasteiger partial charge is 0.318 e. The quantitative estimate of drug-likeness (QED) is 0.292. The summed E-state index contributed by atoms with van der Waals surface area (Å²) in [5.74, 6) is -0.535. The number of carbonyl (C=O) groups is 1. The predicted octanol–water partition coefficient (Wildman–Crippen LogP) is 4.78. The molecule has 0 aliphatic heterocycles. The van der Waals surface area contributed by atoms with Gasteiger partial charge in [-0.2, -0.15) is 5.10 Å². The smallest absolute Gasteiger partial charge is 0.260 e. The van der Waals surface area contributed by atoms with Gasteiger partial charge in [-0.1, -0.05) is 42.5 Å². The van der Waals surface area contributed by atoms with E-state index >= 15 is 0 Å². The number of hydrogen-bond acceptors (Lipinski definition) is 4. The molecule has 7 nitrogen and oxygen atoms in total. The number of hydrogen-bond donors (Lipinski definition) is 1. The molecule has 0 saturated heterocycles. The Kier molecular flexibility index (Phi) is 6.99. The number of aromatic nitrogens is 1. The van der Waals surface area contributed by atoms with E-state index in [4.69, 9.17) is 0 Å². The molecule has 3 aromatic carbocycles. The van der Waals surface area contributed by atoms with Crippen LogP contribution >= 0.6 is 0 Å². The lowest BCUT2D eigenvalue weighted by Gasteiger charge is -2.23. The molecule has 0 saturated carbocycles. The Hall–Kier alpha value is -3.91. The molecule has 1 heterocycles. The molecule has 0 atom stereocenters. The van der Waals surface area contributed by atoms with Crippen LogP contribution in [0.1, 0.15) is 28.1 Å². The minimum Gasteiger partial charge on any atom is -0.318 e. The Labute approximate surface area is 212 Å². The molecule has 0 unspecified atom stereocenters. The Balaban J connectivity index is 1.53. The van der Waals surface area contributed by atoms with Gasteiger partial charge < -0.3 is 4.57 Å². The minimum absolute atomic E-state index is 0.383. The summed E-state index contributed by atoms with van der Waals surface area (Å²) >= 11 is 0. The lowest BCUT2D eigenvalue weighted by molar-refractivity contribution is -0.119. The van der Waals surface area contributed by atoms with E-state index in [1.165, 1.54) is 11.1 Å². The van der Waals surface area contributed by atoms with Crippen LogP contribution in [0, 0.1) is 27.7 Å². The highest BCUT2D eigenvalue weighted by atomic mass is 32.2. The van der Waals surface area contributed by atoms with E-state index < -0.39 is 15.9 Å². The van der Waals surface area contributed by atoms with Gasteiger partial charge in [0.1, 0.15) is 6.54 Å². The van der Waals surface area contributed by atoms with Gasteiger partial charge in [-0.25, -0.2) is 13.8 Å². The van der Waals surface area contributed by atoms with Gasteiger partial charge in [0.25, 0.3) is 5.91 Å². The summed E-state index contributed by atoms with van der Waals surface area (Å²) in [5, 5.41) is 5.75. The highest BCUT2D eigenvalue weighted by molar-refractivity contribution is 7.92. The van der Waals surface area contributed by atoms with Gasteiger partial charge in [-0.15, -0.1) is 0 Å². The first kappa shape index (κ1) is 25.2. The molecule has 0 aliphatic rings. The van der Waals surface area contributed by atoms with Crippen molar-refractivity contribution < 1.29 is 13.2 Å². The second-order valence-corrected chi connectivity index (χ2v) is 10.9. The van der Waals surface area contributed by atoms with Crippen molar-refractivity contribution >= 4 is 38.6 Å². The van der Waals surface area contributed by atoms with Gasteiger partial charge in [0.05, 0.1) is 18.2 Å². The normalized spacial score (nSPS) is 11.8. The lowest BCUT2D eigenvalue weighted by atomic mass is 10.1. The average Bonchev–Trinajstić information content (AvgIpc) is 3.11. The van der Waals surface area contributed by atoms with Crippen molar-refractivity contribution in [3.05, 3.63) is 94.8 Å². The summed E-state index contributed by atoms with van der Waals surface area (Å²) < 4.78 is 28.4. The van der Waals surface area contributed by atoms with Crippen LogP contribution < -0.4 is 9.73 Å². The van der Waals surface area contributed by atoms with Crippen LogP contribution in [0.5, 0.6) is 0 Å². The van der Waals surface area contributed by atoms with Crippen molar-refractivity contribution in [2.75, 3.05) is 17.1 Å². The first-order chi connectivity index (χ1) is 17.1. The standard InChI is InChI=1S/C28H30N4O3S/c1-19-13-14-25(15-20(19)2)32-21(3)16-24(22(32)4)17-29-30-28(33)18-31(36(5,34)35)27-12-8-10-23-9-6-7-11-26(23)27/h6-17H,18H2,1-5H3,(H,30,33)/b29-17-. The maximum absolute atomic E-state index is 12.7. The summed E-state index contributed by atoms with van der Waals surface area (Å²) in [4.78, 5) is 12.7. The average molecular weight is 503 g/mol. The van der Waals surface area contributed by atoms with Crippen molar-refractivity contribution in [3.8, 4) is 5.69 Å². The topological polar surface area (TPSA) is 83.8 Å². The predicted molar refractivity (Wildman–Crippen MR) is 147 cm³/mol. The van der Waals surface area contributed by atoms with Crippen LogP contribution in [0.4, 0.5) is 5.69 Å². The molecule has 4 aromatic rings. The van der Waals surface area contributed by atoms with Crippen molar-refractivity contribution in [1.29, 1.82) is 0 Å². The van der Waals surface area contributed by atoms with Crippen LogP contribution in [0.2, 0.25) is 0 Å². The number of rotatable bonds is 7. The van der Waals surface area contributed by atoms with Crippen LogP contribution in [0.15, 0.2) is 71.8 Å². The van der Waals surface area contributed by atoms with Gasteiger partial charge in [-0.3, -0.25) is 9.10 Å². The van der Waals surface area contributed by atoms with E-state index in [2.05, 4.69) is 47.1 Å². The highest BCUT2D eigenvalue weighted by Crippen LogP contribution is 2.28. The molecule has 0 radical (unpaired) electrons. The second kappa shape index (κ2) is 9.99. The van der Waals surface area contributed by atoms with Gasteiger partial charge in [0.15, 0.2) is 0 Å². The van der Waals surface area contributed by atoms with Crippen LogP contribution in [-0.2, 0) is 14.8 Å². The Morgan fingerprint density at radius 2 is 1.69 bits per heavy atom. The summed E-state index contributed by atoms with van der Waals surface area (Å²) in [6.45, 7) is 7.80. The number of sulfonamides is 1. The molecule has 0 spiro atoms. The molecule has 1 aromatic heterocycles. The second-order valence-electron chi connectivity index (χ2n) is 8.99. The fourth-order valence-electron chi connectivity index (χ4n) is 4.33. The number of aryl methyl sites for hydroxylation is 3. The molecule has 36 heavy (non-hydrogen) atoms. The number of nitrogens with one attached hydrogen (secondary N) is 1. The third kappa shape index (κ3) is 5.18. The first-order valence-corrected chi connectivity index (χ1v) is 13.4. The van der Waals surface area contributed by atoms with Crippen LogP contribution in [0.25, 0.3) is 16.5 Å². The molecule has 0 fully saturated rings. The van der Waals surface area contributed by atoms with Gasteiger partial charge >= 0.3 is 0 Å². The van der Waals surface area contributed by atoms with E-state index in [0.717, 1.165) is 44.0 Å². The molecule has 4 rings (SSSR count). The number of nitrogens with zero attached hydrogens (tertiary/aromatic N) is 3. The third-order valence-electron chi connectivity index (χ3n) is 6.33. The maximum atomic E-state index is 12.7. The molecular formula is C28H30N4O3S. The monoisotopic (exact) mass is 502 g/mol. The zero-order valence-corrected chi connectivity index (χ0v) is 21.9. The van der Waals surface area contributed by atoms with Gasteiger partial charge in [0.2, 0.25) is 10.0 Å². The van der Waals surface area contributed by atoms with Crippen molar-refractivity contribution in [2.45, 2.75) is 27.7 Å². The fraction of sp³-hybridized carbons (Fsp3) is 0.214. The number of fused-ring (bicyclic) bond motifs is 1. The molecule has 8 heteroatoms. The summed E-state index contributed by atoms with van der Waals surface area (Å²) in [6, 6.07) is 21.2. The highest BCUT2D eigenvalue weighted by Gasteiger charge is 2.22. The van der Waals surface area contributed by atoms with Crippen molar-refractivity contribution in [2.24, 2.45) is 5.10 Å². The SMILES string of the molecule is Cc1ccc(-n2c(C)cc(/C=N\NC(=O)CN(c3cccc4ccccc34)S(C)(=O)=O)c2C)cc1C. The third-order valence-corrected chi connectivity index (χ3v) is 7.46. The number of benzene rings is 3. The van der Waals surface area contributed by atoms with E-state index in [9.17, 15) is 13.2 Å². The number of hydrazone groups is 1. The number of amides is 1. The van der Waals surface area contributed by atoms with Crippen molar-refractivity contribution in [3.63, 3.8) is 0 Å². The Morgan fingerprint density at radius 1 is 0.972 bits per heavy atom. The summed E-state index contributed by atoms with van der Waals surface area (Å²) in [7, 11) is -3.71. The van der Waals surface area contributed by atoms with Crippen LogP contribution in [-0.4, -0.2) is 37.9 Å². The minimum atomic E-state index is -3.71. The number of carbonyl (C=O) groups excluding carboxylic acids is 1. The van der Waals surface area contributed by atoms with Crippen molar-refractivity contribution in [1.82, 2.24) is 9.99 Å². The maximum Gasteiger partial charge on any atom is 0.260 e. The van der Waals surface area contributed by atoms with E-state index in [1.807, 2.05) is 50.2 Å². The van der Waals surface area contributed by atoms with Gasteiger partial charge in [-0.05, 0) is 68.5 Å². The van der Waals surface area contributed by atoms with E-state index in [0.29, 0.717) is 5.69 Å². The fourth-order valence-corrected chi connectivity index (χ4v) is 5.20. The Morgan fingerprint density at radius 3 is 2.42 bits per heavy atom. The molecule has 0 bridgehead atoms. The van der Waals surface area contributed by atoms with Crippen LogP contribution in [0.3, 0.4) is 0 Å². The van der Waals surface area contributed by atoms with Gasteiger partial charge in [0, 0.05) is 28.0 Å².